The molecule has 0 bridgehead atoms. The minimum atomic E-state index is 0.583. The summed E-state index contributed by atoms with van der Waals surface area (Å²) in [6.07, 6.45) is 6.29. The lowest BCUT2D eigenvalue weighted by Crippen LogP contribution is -2.34. The molecule has 0 amide bonds. The topological polar surface area (TPSA) is 44.8 Å². The Morgan fingerprint density at radius 1 is 1.42 bits per heavy atom. The quantitative estimate of drug-likeness (QED) is 0.917. The van der Waals surface area contributed by atoms with Crippen molar-refractivity contribution >= 4 is 0 Å². The van der Waals surface area contributed by atoms with E-state index < -0.39 is 0 Å². The molecule has 1 aliphatic rings. The molecule has 1 saturated heterocycles. The highest BCUT2D eigenvalue weighted by atomic mass is 15.2. The number of likely N-dealkylation sites (tertiary alicyclic amines) is 1. The standard InChI is InChI=1S/C15H20N4/c1-12-9-17-18-15(12)13-5-4-8-19(10-13)11-14-6-2-3-7-16-14/h2-3,6-7,9,13H,4-5,8,10-11H2,1H3,(H,17,18). The molecular weight excluding hydrogens is 236 g/mol. The molecular formula is C15H20N4. The van der Waals surface area contributed by atoms with E-state index in [-0.39, 0.29) is 0 Å². The summed E-state index contributed by atoms with van der Waals surface area (Å²) in [4.78, 5) is 6.91. The van der Waals surface area contributed by atoms with Crippen LogP contribution in [0.25, 0.3) is 0 Å². The van der Waals surface area contributed by atoms with Crippen LogP contribution in [0.2, 0.25) is 0 Å². The second-order valence-electron chi connectivity index (χ2n) is 5.36. The number of pyridine rings is 1. The molecule has 1 fully saturated rings. The first-order valence-corrected chi connectivity index (χ1v) is 6.95. The summed E-state index contributed by atoms with van der Waals surface area (Å²) in [5.74, 6) is 0.583. The van der Waals surface area contributed by atoms with Gasteiger partial charge in [0.2, 0.25) is 0 Å². The highest BCUT2D eigenvalue weighted by Gasteiger charge is 2.23. The Bertz CT molecular complexity index is 520. The van der Waals surface area contributed by atoms with E-state index in [1.807, 2.05) is 18.5 Å². The molecule has 3 rings (SSSR count). The number of hydrogen-bond donors (Lipinski definition) is 1. The summed E-state index contributed by atoms with van der Waals surface area (Å²) >= 11 is 0. The van der Waals surface area contributed by atoms with Crippen LogP contribution in [-0.4, -0.2) is 33.2 Å². The second kappa shape index (κ2) is 5.53. The first-order valence-electron chi connectivity index (χ1n) is 6.95. The van der Waals surface area contributed by atoms with Gasteiger partial charge in [-0.1, -0.05) is 6.07 Å². The van der Waals surface area contributed by atoms with Gasteiger partial charge in [-0.25, -0.2) is 0 Å². The van der Waals surface area contributed by atoms with Gasteiger partial charge < -0.3 is 0 Å². The van der Waals surface area contributed by atoms with E-state index in [0.717, 1.165) is 18.8 Å². The van der Waals surface area contributed by atoms with E-state index in [0.29, 0.717) is 5.92 Å². The fraction of sp³-hybridized carbons (Fsp3) is 0.467. The first kappa shape index (κ1) is 12.4. The lowest BCUT2D eigenvalue weighted by atomic mass is 9.93. The highest BCUT2D eigenvalue weighted by Crippen LogP contribution is 2.27. The predicted octanol–water partition coefficient (Wildman–Crippen LogP) is 2.49. The van der Waals surface area contributed by atoms with Crippen LogP contribution < -0.4 is 0 Å². The van der Waals surface area contributed by atoms with Gasteiger partial charge in [-0.2, -0.15) is 5.10 Å². The fourth-order valence-corrected chi connectivity index (χ4v) is 2.93. The molecule has 1 atom stereocenters. The molecule has 0 aliphatic carbocycles. The van der Waals surface area contributed by atoms with E-state index in [4.69, 9.17) is 0 Å². The first-order chi connectivity index (χ1) is 9.33. The zero-order chi connectivity index (χ0) is 13.1. The number of nitrogens with one attached hydrogen (secondary N) is 1. The van der Waals surface area contributed by atoms with Crippen molar-refractivity contribution in [1.29, 1.82) is 0 Å². The van der Waals surface area contributed by atoms with Crippen LogP contribution in [0.5, 0.6) is 0 Å². The van der Waals surface area contributed by atoms with Crippen LogP contribution in [0.15, 0.2) is 30.6 Å². The average Bonchev–Trinajstić information content (AvgIpc) is 2.86. The van der Waals surface area contributed by atoms with Crippen molar-refractivity contribution < 1.29 is 0 Å². The van der Waals surface area contributed by atoms with Gasteiger partial charge in [0.05, 0.1) is 11.9 Å². The van der Waals surface area contributed by atoms with Gasteiger partial charge in [0, 0.05) is 30.9 Å². The van der Waals surface area contributed by atoms with E-state index >= 15 is 0 Å². The van der Waals surface area contributed by atoms with Crippen molar-refractivity contribution in [3.8, 4) is 0 Å². The molecule has 2 aromatic rings. The molecule has 100 valence electrons. The third-order valence-corrected chi connectivity index (χ3v) is 3.89. The third-order valence-electron chi connectivity index (χ3n) is 3.89. The zero-order valence-electron chi connectivity index (χ0n) is 11.3. The largest absolute Gasteiger partial charge is 0.297 e. The van der Waals surface area contributed by atoms with Crippen molar-refractivity contribution in [1.82, 2.24) is 20.1 Å². The van der Waals surface area contributed by atoms with Gasteiger partial charge in [-0.15, -0.1) is 0 Å². The van der Waals surface area contributed by atoms with Crippen LogP contribution in [0.3, 0.4) is 0 Å². The number of aromatic nitrogens is 3. The molecule has 19 heavy (non-hydrogen) atoms. The maximum absolute atomic E-state index is 4.42. The van der Waals surface area contributed by atoms with Gasteiger partial charge in [-0.3, -0.25) is 15.0 Å². The Balaban J connectivity index is 1.67. The number of rotatable bonds is 3. The monoisotopic (exact) mass is 256 g/mol. The van der Waals surface area contributed by atoms with Crippen LogP contribution in [0, 0.1) is 6.92 Å². The Morgan fingerprint density at radius 3 is 3.11 bits per heavy atom. The molecule has 1 aliphatic heterocycles. The number of hydrogen-bond acceptors (Lipinski definition) is 3. The summed E-state index contributed by atoms with van der Waals surface area (Å²) in [5, 5.41) is 7.32. The smallest absolute Gasteiger partial charge is 0.0543 e. The Hall–Kier alpha value is -1.68. The number of aryl methyl sites for hydroxylation is 1. The average molecular weight is 256 g/mol. The lowest BCUT2D eigenvalue weighted by molar-refractivity contribution is 0.196. The number of nitrogens with zero attached hydrogens (tertiary/aromatic N) is 3. The minimum absolute atomic E-state index is 0.583. The van der Waals surface area contributed by atoms with Gasteiger partial charge in [-0.05, 0) is 44.0 Å². The molecule has 4 heteroatoms. The van der Waals surface area contributed by atoms with Gasteiger partial charge in [0.25, 0.3) is 0 Å². The van der Waals surface area contributed by atoms with E-state index in [1.165, 1.54) is 30.6 Å². The summed E-state index contributed by atoms with van der Waals surface area (Å²) < 4.78 is 0. The van der Waals surface area contributed by atoms with E-state index in [9.17, 15) is 0 Å². The van der Waals surface area contributed by atoms with Crippen molar-refractivity contribution in [2.24, 2.45) is 0 Å². The van der Waals surface area contributed by atoms with Crippen LogP contribution in [0.4, 0.5) is 0 Å². The Morgan fingerprint density at radius 2 is 2.37 bits per heavy atom. The van der Waals surface area contributed by atoms with Crippen molar-refractivity contribution in [3.63, 3.8) is 0 Å². The van der Waals surface area contributed by atoms with Gasteiger partial charge in [0.15, 0.2) is 0 Å². The minimum Gasteiger partial charge on any atom is -0.297 e. The van der Waals surface area contributed by atoms with Crippen molar-refractivity contribution in [2.75, 3.05) is 13.1 Å². The van der Waals surface area contributed by atoms with Gasteiger partial charge >= 0.3 is 0 Å². The van der Waals surface area contributed by atoms with E-state index in [2.05, 4.69) is 39.1 Å². The third kappa shape index (κ3) is 2.84. The second-order valence-corrected chi connectivity index (χ2v) is 5.36. The number of piperidine rings is 1. The fourth-order valence-electron chi connectivity index (χ4n) is 2.93. The Kier molecular flexibility index (Phi) is 3.60. The maximum atomic E-state index is 4.42. The van der Waals surface area contributed by atoms with Crippen molar-refractivity contribution in [3.05, 3.63) is 47.5 Å². The van der Waals surface area contributed by atoms with Gasteiger partial charge in [0.1, 0.15) is 0 Å². The molecule has 3 heterocycles. The summed E-state index contributed by atoms with van der Waals surface area (Å²) in [6.45, 7) is 5.35. The molecule has 0 saturated carbocycles. The molecule has 1 N–H and O–H groups in total. The summed E-state index contributed by atoms with van der Waals surface area (Å²) in [6, 6.07) is 6.13. The van der Waals surface area contributed by atoms with Crippen LogP contribution in [-0.2, 0) is 6.54 Å². The normalized spacial score (nSPS) is 20.6. The summed E-state index contributed by atoms with van der Waals surface area (Å²) in [7, 11) is 0. The molecule has 0 aromatic carbocycles. The zero-order valence-corrected chi connectivity index (χ0v) is 11.3. The van der Waals surface area contributed by atoms with Crippen LogP contribution >= 0.6 is 0 Å². The number of H-pyrrole nitrogens is 1. The highest BCUT2D eigenvalue weighted by molar-refractivity contribution is 5.19. The van der Waals surface area contributed by atoms with Crippen LogP contribution in [0.1, 0.15) is 35.7 Å². The SMILES string of the molecule is Cc1cn[nH]c1C1CCCN(Cc2ccccn2)C1. The predicted molar refractivity (Wildman–Crippen MR) is 74.8 cm³/mol. The molecule has 2 aromatic heterocycles. The van der Waals surface area contributed by atoms with E-state index in [1.54, 1.807) is 0 Å². The summed E-state index contributed by atoms with van der Waals surface area (Å²) in [5.41, 5.74) is 3.75. The molecule has 0 spiro atoms. The number of aromatic amines is 1. The lowest BCUT2D eigenvalue weighted by Gasteiger charge is -2.32. The molecule has 0 radical (unpaired) electrons. The molecule has 1 unspecified atom stereocenters. The Labute approximate surface area is 113 Å². The van der Waals surface area contributed by atoms with Crippen molar-refractivity contribution in [2.45, 2.75) is 32.2 Å². The maximum Gasteiger partial charge on any atom is 0.0543 e. The molecule has 4 nitrogen and oxygen atoms in total.